The first kappa shape index (κ1) is 11.2. The van der Waals surface area contributed by atoms with Crippen molar-refractivity contribution in [3.63, 3.8) is 0 Å². The van der Waals surface area contributed by atoms with Gasteiger partial charge in [-0.1, -0.05) is 0 Å². The molecule has 0 aliphatic carbocycles. The molecule has 0 aromatic carbocycles. The Hall–Kier alpha value is 0.220. The lowest BCUT2D eigenvalue weighted by molar-refractivity contribution is -0.766. The Kier molecular flexibility index (Phi) is 3.83. The zero-order valence-electron chi connectivity index (χ0n) is 6.11. The maximum atomic E-state index is 11.5. The zero-order valence-corrected chi connectivity index (χ0v) is 8.27. The van der Waals surface area contributed by atoms with Crippen LogP contribution in [0.3, 0.4) is 0 Å². The van der Waals surface area contributed by atoms with Crippen molar-refractivity contribution in [2.45, 2.75) is 23.6 Å². The molecule has 11 heavy (non-hydrogen) atoms. The van der Waals surface area contributed by atoms with E-state index in [2.05, 4.69) is 0 Å². The molecular weight excluding hydrogens is 272 g/mol. The molecule has 0 bridgehead atoms. The highest BCUT2D eigenvalue weighted by Crippen LogP contribution is 2.01. The molecule has 0 aliphatic heterocycles. The summed E-state index contributed by atoms with van der Waals surface area (Å²) in [5, 5.41) is 8.98. The first-order chi connectivity index (χ1) is 4.71. The highest BCUT2D eigenvalue weighted by Gasteiger charge is 2.45. The summed E-state index contributed by atoms with van der Waals surface area (Å²) in [4.78, 5) is 0. The molecule has 5 heteroatoms. The largest absolute Gasteiger partial charge is 0.608 e. The first-order valence-electron chi connectivity index (χ1n) is 2.82. The van der Waals surface area contributed by atoms with Gasteiger partial charge in [0.2, 0.25) is 0 Å². The highest BCUT2D eigenvalue weighted by atomic mass is 127. The van der Waals surface area contributed by atoms with E-state index in [0.29, 0.717) is 0 Å². The van der Waals surface area contributed by atoms with E-state index >= 15 is 0 Å². The van der Waals surface area contributed by atoms with Crippen LogP contribution in [0.2, 0.25) is 0 Å². The first-order valence-corrected chi connectivity index (χ1v) is 5.14. The smallest absolute Gasteiger partial charge is 0.386 e. The van der Waals surface area contributed by atoms with Crippen LogP contribution < -0.4 is 21.2 Å². The second-order valence-corrected chi connectivity index (χ2v) is 5.05. The molecule has 0 aliphatic rings. The Morgan fingerprint density at radius 1 is 1.27 bits per heavy atom. The van der Waals surface area contributed by atoms with Gasteiger partial charge in [-0.05, 0) is 19.9 Å². The molecule has 66 valence electrons. The zero-order chi connectivity index (χ0) is 9.12. The van der Waals surface area contributed by atoms with Crippen molar-refractivity contribution < 1.29 is 39.5 Å². The summed E-state index contributed by atoms with van der Waals surface area (Å²) in [6.07, 6.45) is 1.17. The van der Waals surface area contributed by atoms with Gasteiger partial charge >= 0.3 is 25.4 Å². The van der Waals surface area contributed by atoms with Crippen molar-refractivity contribution >= 4 is 0 Å². The highest BCUT2D eigenvalue weighted by molar-refractivity contribution is 4.89. The van der Waals surface area contributed by atoms with E-state index in [1.54, 1.807) is 0 Å². The summed E-state index contributed by atoms with van der Waals surface area (Å²) >= 11 is -1.92. The maximum Gasteiger partial charge on any atom is 0.608 e. The van der Waals surface area contributed by atoms with Gasteiger partial charge in [0.25, 0.3) is 0 Å². The van der Waals surface area contributed by atoms with Gasteiger partial charge in [-0.3, -0.25) is 0 Å². The summed E-state index contributed by atoms with van der Waals surface area (Å²) < 4.78 is 31.6. The van der Waals surface area contributed by atoms with Gasteiger partial charge in [-0.25, -0.2) is 0 Å². The Morgan fingerprint density at radius 3 is 2.00 bits per heavy atom. The Balaban J connectivity index is 3.80. The fourth-order valence-electron chi connectivity index (χ4n) is 0.257. The predicted molar refractivity (Wildman–Crippen MR) is 31.5 cm³/mol. The van der Waals surface area contributed by atoms with E-state index in [1.165, 1.54) is 19.9 Å². The summed E-state index contributed by atoms with van der Waals surface area (Å²) in [5.41, 5.74) is -1.13. The number of aliphatic hydroxyl groups is 1. The van der Waals surface area contributed by atoms with Gasteiger partial charge < -0.3 is 5.11 Å². The van der Waals surface area contributed by atoms with Crippen LogP contribution >= 0.6 is 0 Å². The van der Waals surface area contributed by atoms with Crippen LogP contribution in [0.15, 0.2) is 10.2 Å². The molecule has 0 amide bonds. The standard InChI is InChI=1S/C6H9F3IO/c1-5(2,11)3-4-10-6(7,8)9/h3-4,11H,1-2H3/q+1/b4-3-. The summed E-state index contributed by atoms with van der Waals surface area (Å²) in [7, 11) is 0. The second-order valence-electron chi connectivity index (χ2n) is 2.48. The molecule has 0 radical (unpaired) electrons. The Labute approximate surface area is 73.6 Å². The number of rotatable bonds is 2. The van der Waals surface area contributed by atoms with E-state index in [1.807, 2.05) is 0 Å². The minimum absolute atomic E-state index is 1.03. The lowest BCUT2D eigenvalue weighted by Crippen LogP contribution is -3.64. The maximum absolute atomic E-state index is 11.5. The fourth-order valence-corrected chi connectivity index (χ4v) is 1.72. The van der Waals surface area contributed by atoms with Gasteiger partial charge in [0, 0.05) is 0 Å². The van der Waals surface area contributed by atoms with Crippen molar-refractivity contribution in [2.75, 3.05) is 0 Å². The molecule has 0 rings (SSSR count). The summed E-state index contributed by atoms with van der Waals surface area (Å²) in [6.45, 7) is 2.87. The minimum Gasteiger partial charge on any atom is -0.386 e. The van der Waals surface area contributed by atoms with Crippen LogP contribution in [-0.2, 0) is 0 Å². The summed E-state index contributed by atoms with van der Waals surface area (Å²) in [6, 6.07) is 0. The molecule has 0 fully saturated rings. The number of hydrogen-bond acceptors (Lipinski definition) is 1. The van der Waals surface area contributed by atoms with Gasteiger partial charge in [0.15, 0.2) is 4.08 Å². The molecule has 0 spiro atoms. The molecule has 0 aromatic rings. The van der Waals surface area contributed by atoms with Gasteiger partial charge in [0.1, 0.15) is 0 Å². The van der Waals surface area contributed by atoms with Crippen LogP contribution in [0.5, 0.6) is 0 Å². The molecule has 1 N–H and O–H groups in total. The van der Waals surface area contributed by atoms with Crippen molar-refractivity contribution in [2.24, 2.45) is 0 Å². The van der Waals surface area contributed by atoms with Crippen LogP contribution in [0.1, 0.15) is 13.8 Å². The molecular formula is C6H9F3IO+. The predicted octanol–water partition coefficient (Wildman–Crippen LogP) is -1.12. The lowest BCUT2D eigenvalue weighted by Gasteiger charge is -2.07. The average molecular weight is 281 g/mol. The van der Waals surface area contributed by atoms with E-state index < -0.39 is 31.0 Å². The van der Waals surface area contributed by atoms with E-state index in [4.69, 9.17) is 5.11 Å². The lowest BCUT2D eigenvalue weighted by atomic mass is 10.1. The quantitative estimate of drug-likeness (QED) is 0.502. The topological polar surface area (TPSA) is 20.2 Å². The fraction of sp³-hybridized carbons (Fsp3) is 0.667. The van der Waals surface area contributed by atoms with Crippen molar-refractivity contribution in [1.82, 2.24) is 0 Å². The average Bonchev–Trinajstić information content (AvgIpc) is 1.55. The molecule has 1 nitrogen and oxygen atoms in total. The van der Waals surface area contributed by atoms with Gasteiger partial charge in [0.05, 0.1) is 5.60 Å². The van der Waals surface area contributed by atoms with Crippen LogP contribution in [-0.4, -0.2) is 14.9 Å². The third-order valence-corrected chi connectivity index (χ3v) is 2.08. The van der Waals surface area contributed by atoms with Gasteiger partial charge in [-0.2, -0.15) is 0 Å². The van der Waals surface area contributed by atoms with E-state index in [9.17, 15) is 13.2 Å². The van der Waals surface area contributed by atoms with Crippen molar-refractivity contribution in [3.05, 3.63) is 10.2 Å². The van der Waals surface area contributed by atoms with Crippen molar-refractivity contribution in [3.8, 4) is 0 Å². The molecule has 0 heterocycles. The summed E-state index contributed by atoms with van der Waals surface area (Å²) in [5.74, 6) is 0. The van der Waals surface area contributed by atoms with Crippen LogP contribution in [0, 0.1) is 0 Å². The molecule has 0 unspecified atom stereocenters. The van der Waals surface area contributed by atoms with Crippen LogP contribution in [0.25, 0.3) is 0 Å². The number of hydrogen-bond donors (Lipinski definition) is 1. The molecule has 0 saturated carbocycles. The normalized spacial score (nSPS) is 14.4. The Morgan fingerprint density at radius 2 is 1.73 bits per heavy atom. The molecule has 0 saturated heterocycles. The minimum atomic E-state index is -4.07. The third kappa shape index (κ3) is 10.2. The Bertz CT molecular complexity index is 145. The monoisotopic (exact) mass is 281 g/mol. The van der Waals surface area contributed by atoms with E-state index in [0.717, 1.165) is 4.08 Å². The third-order valence-electron chi connectivity index (χ3n) is 0.658. The number of alkyl halides is 4. The second kappa shape index (κ2) is 3.75. The number of halogens is 4. The SMILES string of the molecule is CC(C)(O)/C=C\[I+]C(F)(F)F. The van der Waals surface area contributed by atoms with Crippen molar-refractivity contribution in [1.29, 1.82) is 0 Å². The molecule has 0 atom stereocenters. The molecule has 0 aromatic heterocycles. The van der Waals surface area contributed by atoms with Gasteiger partial charge in [-0.15, -0.1) is 13.2 Å². The van der Waals surface area contributed by atoms with E-state index in [-0.39, 0.29) is 0 Å². The van der Waals surface area contributed by atoms with Crippen LogP contribution in [0.4, 0.5) is 13.2 Å².